The lowest BCUT2D eigenvalue weighted by atomic mass is 9.91. The standard InChI is InChI=1S/C24H24N2O2/c1-4-26-13-18(12-17-11-15(2)9-10-16(17)3)23-20(14-26)22(24(27)28)19-7-5-6-8-21(19)25-23/h5-12H,4,13-14H2,1-3H3,(H,27,28). The van der Waals surface area contributed by atoms with Gasteiger partial charge in [-0.05, 0) is 49.2 Å². The lowest BCUT2D eigenvalue weighted by Gasteiger charge is -2.30. The SMILES string of the molecule is CCN1CC(=Cc2cc(C)ccc2C)c2nc3ccccc3c(C(=O)O)c2C1. The van der Waals surface area contributed by atoms with Crippen LogP contribution in [0.1, 0.15) is 45.2 Å². The van der Waals surface area contributed by atoms with Gasteiger partial charge in [0.1, 0.15) is 0 Å². The van der Waals surface area contributed by atoms with Crippen LogP contribution in [0, 0.1) is 13.8 Å². The second kappa shape index (κ2) is 7.21. The minimum Gasteiger partial charge on any atom is -0.478 e. The molecule has 1 aromatic heterocycles. The Hall–Kier alpha value is -2.98. The zero-order chi connectivity index (χ0) is 19.8. The van der Waals surface area contributed by atoms with Crippen molar-refractivity contribution in [3.05, 3.63) is 76.0 Å². The minimum absolute atomic E-state index is 0.380. The summed E-state index contributed by atoms with van der Waals surface area (Å²) in [5, 5.41) is 10.7. The zero-order valence-electron chi connectivity index (χ0n) is 16.5. The monoisotopic (exact) mass is 372 g/mol. The number of nitrogens with zero attached hydrogens (tertiary/aromatic N) is 2. The molecule has 1 aliphatic rings. The van der Waals surface area contributed by atoms with Gasteiger partial charge in [-0.25, -0.2) is 9.78 Å². The number of aromatic nitrogens is 1. The first-order valence-electron chi connectivity index (χ1n) is 9.63. The van der Waals surface area contributed by atoms with E-state index >= 15 is 0 Å². The Morgan fingerprint density at radius 3 is 2.71 bits per heavy atom. The summed E-state index contributed by atoms with van der Waals surface area (Å²) in [6, 6.07) is 13.9. The molecule has 0 saturated heterocycles. The average Bonchev–Trinajstić information content (AvgIpc) is 2.68. The zero-order valence-corrected chi connectivity index (χ0v) is 16.5. The first kappa shape index (κ1) is 18.4. The van der Waals surface area contributed by atoms with Gasteiger partial charge >= 0.3 is 5.97 Å². The van der Waals surface area contributed by atoms with Crippen LogP contribution in [-0.2, 0) is 6.54 Å². The number of para-hydroxylation sites is 1. The highest BCUT2D eigenvalue weighted by Gasteiger charge is 2.27. The largest absolute Gasteiger partial charge is 0.478 e. The van der Waals surface area contributed by atoms with Crippen LogP contribution in [0.25, 0.3) is 22.6 Å². The molecule has 0 radical (unpaired) electrons. The van der Waals surface area contributed by atoms with E-state index in [1.54, 1.807) is 0 Å². The molecule has 4 nitrogen and oxygen atoms in total. The van der Waals surface area contributed by atoms with Crippen LogP contribution >= 0.6 is 0 Å². The molecule has 3 aromatic rings. The van der Waals surface area contributed by atoms with Crippen LogP contribution in [0.4, 0.5) is 0 Å². The number of carboxylic acid groups (broad SMARTS) is 1. The van der Waals surface area contributed by atoms with Crippen molar-refractivity contribution in [2.24, 2.45) is 0 Å². The van der Waals surface area contributed by atoms with Crippen LogP contribution < -0.4 is 0 Å². The number of benzene rings is 2. The molecule has 1 aliphatic heterocycles. The van der Waals surface area contributed by atoms with E-state index in [2.05, 4.69) is 49.9 Å². The van der Waals surface area contributed by atoms with Gasteiger partial charge in [-0.3, -0.25) is 4.90 Å². The van der Waals surface area contributed by atoms with Crippen molar-refractivity contribution in [2.45, 2.75) is 27.3 Å². The second-order valence-corrected chi connectivity index (χ2v) is 7.47. The number of carbonyl (C=O) groups is 1. The summed E-state index contributed by atoms with van der Waals surface area (Å²) in [6.45, 7) is 8.52. The summed E-state index contributed by atoms with van der Waals surface area (Å²) in [7, 11) is 0. The molecule has 142 valence electrons. The van der Waals surface area contributed by atoms with Gasteiger partial charge in [0, 0.05) is 24.0 Å². The van der Waals surface area contributed by atoms with Gasteiger partial charge in [0.2, 0.25) is 0 Å². The molecule has 4 rings (SSSR count). The summed E-state index contributed by atoms with van der Waals surface area (Å²) in [5.41, 5.74) is 7.39. The number of rotatable bonds is 3. The van der Waals surface area contributed by atoms with Crippen LogP contribution in [-0.4, -0.2) is 34.0 Å². The van der Waals surface area contributed by atoms with Gasteiger partial charge in [0.25, 0.3) is 0 Å². The Bertz CT molecular complexity index is 1120. The lowest BCUT2D eigenvalue weighted by Crippen LogP contribution is -2.31. The third-order valence-electron chi connectivity index (χ3n) is 5.50. The fourth-order valence-corrected chi connectivity index (χ4v) is 3.95. The summed E-state index contributed by atoms with van der Waals surface area (Å²) >= 11 is 0. The summed E-state index contributed by atoms with van der Waals surface area (Å²) < 4.78 is 0. The number of aromatic carboxylic acids is 1. The predicted octanol–water partition coefficient (Wildman–Crippen LogP) is 4.93. The Morgan fingerprint density at radius 2 is 1.96 bits per heavy atom. The molecule has 1 N–H and O–H groups in total. The van der Waals surface area contributed by atoms with Gasteiger partial charge in [-0.2, -0.15) is 0 Å². The number of hydrogen-bond acceptors (Lipinski definition) is 3. The van der Waals surface area contributed by atoms with Crippen molar-refractivity contribution in [1.82, 2.24) is 9.88 Å². The lowest BCUT2D eigenvalue weighted by molar-refractivity contribution is 0.0696. The van der Waals surface area contributed by atoms with Crippen LogP contribution in [0.5, 0.6) is 0 Å². The number of hydrogen-bond donors (Lipinski definition) is 1. The highest BCUT2D eigenvalue weighted by atomic mass is 16.4. The molecule has 2 aromatic carbocycles. The number of carboxylic acids is 1. The van der Waals surface area contributed by atoms with Crippen molar-refractivity contribution >= 4 is 28.5 Å². The predicted molar refractivity (Wildman–Crippen MR) is 113 cm³/mol. The molecule has 0 amide bonds. The Labute approximate surface area is 165 Å². The van der Waals surface area contributed by atoms with Gasteiger partial charge in [0.15, 0.2) is 0 Å². The Kier molecular flexibility index (Phi) is 4.73. The summed E-state index contributed by atoms with van der Waals surface area (Å²) in [4.78, 5) is 19.3. The number of pyridine rings is 1. The van der Waals surface area contributed by atoms with Crippen molar-refractivity contribution in [3.8, 4) is 0 Å². The van der Waals surface area contributed by atoms with Gasteiger partial charge in [-0.15, -0.1) is 0 Å². The number of aryl methyl sites for hydroxylation is 2. The summed E-state index contributed by atoms with van der Waals surface area (Å²) in [6.07, 6.45) is 2.18. The molecule has 0 bridgehead atoms. The first-order chi connectivity index (χ1) is 13.5. The van der Waals surface area contributed by atoms with E-state index in [9.17, 15) is 9.90 Å². The molecule has 0 aliphatic carbocycles. The molecular formula is C24H24N2O2. The smallest absolute Gasteiger partial charge is 0.336 e. The van der Waals surface area contributed by atoms with Crippen LogP contribution in [0.2, 0.25) is 0 Å². The van der Waals surface area contributed by atoms with E-state index in [0.717, 1.165) is 41.0 Å². The molecule has 0 unspecified atom stereocenters. The van der Waals surface area contributed by atoms with E-state index in [0.29, 0.717) is 17.5 Å². The van der Waals surface area contributed by atoms with Gasteiger partial charge in [0.05, 0.1) is 16.8 Å². The molecule has 2 heterocycles. The highest BCUT2D eigenvalue weighted by molar-refractivity contribution is 6.06. The Morgan fingerprint density at radius 1 is 1.18 bits per heavy atom. The van der Waals surface area contributed by atoms with Crippen LogP contribution in [0.15, 0.2) is 42.5 Å². The maximum absolute atomic E-state index is 12.2. The van der Waals surface area contributed by atoms with E-state index in [4.69, 9.17) is 4.98 Å². The van der Waals surface area contributed by atoms with Crippen molar-refractivity contribution < 1.29 is 9.90 Å². The first-order valence-corrected chi connectivity index (χ1v) is 9.63. The minimum atomic E-state index is -0.890. The van der Waals surface area contributed by atoms with E-state index in [1.807, 2.05) is 24.3 Å². The molecule has 0 saturated carbocycles. The summed E-state index contributed by atoms with van der Waals surface area (Å²) in [5.74, 6) is -0.890. The maximum atomic E-state index is 12.2. The molecule has 0 spiro atoms. The molecule has 0 atom stereocenters. The number of fused-ring (bicyclic) bond motifs is 2. The van der Waals surface area contributed by atoms with Crippen molar-refractivity contribution in [1.29, 1.82) is 0 Å². The Balaban J connectivity index is 2.00. The third kappa shape index (κ3) is 3.20. The van der Waals surface area contributed by atoms with E-state index in [1.165, 1.54) is 11.1 Å². The fraction of sp³-hybridized carbons (Fsp3) is 0.250. The topological polar surface area (TPSA) is 53.4 Å². The van der Waals surface area contributed by atoms with Crippen LogP contribution in [0.3, 0.4) is 0 Å². The quantitative estimate of drug-likeness (QED) is 0.708. The van der Waals surface area contributed by atoms with Gasteiger partial charge < -0.3 is 5.11 Å². The maximum Gasteiger partial charge on any atom is 0.336 e. The second-order valence-electron chi connectivity index (χ2n) is 7.47. The molecule has 28 heavy (non-hydrogen) atoms. The van der Waals surface area contributed by atoms with E-state index < -0.39 is 5.97 Å². The molecular weight excluding hydrogens is 348 g/mol. The molecule has 0 fully saturated rings. The average molecular weight is 372 g/mol. The van der Waals surface area contributed by atoms with E-state index in [-0.39, 0.29) is 0 Å². The molecule has 4 heteroatoms. The highest BCUT2D eigenvalue weighted by Crippen LogP contribution is 2.34. The fourth-order valence-electron chi connectivity index (χ4n) is 3.95. The van der Waals surface area contributed by atoms with Crippen molar-refractivity contribution in [2.75, 3.05) is 13.1 Å². The van der Waals surface area contributed by atoms with Gasteiger partial charge in [-0.1, -0.05) is 48.9 Å². The third-order valence-corrected chi connectivity index (χ3v) is 5.50. The number of likely N-dealkylation sites (N-methyl/N-ethyl adjacent to an activating group) is 1. The van der Waals surface area contributed by atoms with Crippen molar-refractivity contribution in [3.63, 3.8) is 0 Å². The normalized spacial score (nSPS) is 15.8.